The van der Waals surface area contributed by atoms with E-state index in [1.54, 1.807) is 40.9 Å². The predicted molar refractivity (Wildman–Crippen MR) is 139 cm³/mol. The van der Waals surface area contributed by atoms with Crippen LogP contribution in [0.2, 0.25) is 5.15 Å². The van der Waals surface area contributed by atoms with Gasteiger partial charge in [-0.1, -0.05) is 16.8 Å². The van der Waals surface area contributed by atoms with Crippen LogP contribution in [0, 0.1) is 5.82 Å². The second kappa shape index (κ2) is 11.2. The van der Waals surface area contributed by atoms with Crippen LogP contribution in [0.5, 0.6) is 0 Å². The molecule has 2 fully saturated rings. The van der Waals surface area contributed by atoms with Gasteiger partial charge in [-0.3, -0.25) is 14.5 Å². The average Bonchev–Trinajstić information content (AvgIpc) is 3.58. The first kappa shape index (κ1) is 26.4. The molecule has 2 aromatic heterocycles. The third kappa shape index (κ3) is 5.77. The molecule has 1 N–H and O–H groups in total. The number of ether oxygens (including phenoxy) is 1. The summed E-state index contributed by atoms with van der Waals surface area (Å²) in [5.74, 6) is -1.21. The summed E-state index contributed by atoms with van der Waals surface area (Å²) in [7, 11) is 0. The maximum absolute atomic E-state index is 15.2. The van der Waals surface area contributed by atoms with Crippen LogP contribution in [0.1, 0.15) is 17.3 Å². The Morgan fingerprint density at radius 1 is 1.21 bits per heavy atom. The van der Waals surface area contributed by atoms with Crippen molar-refractivity contribution in [1.29, 1.82) is 0 Å². The van der Waals surface area contributed by atoms with Gasteiger partial charge in [0.1, 0.15) is 23.1 Å². The van der Waals surface area contributed by atoms with E-state index in [1.165, 1.54) is 29.4 Å². The molecule has 0 spiro atoms. The number of halogens is 2. The fourth-order valence-electron chi connectivity index (χ4n) is 4.62. The number of anilines is 2. The third-order valence-electron chi connectivity index (χ3n) is 6.63. The monoisotopic (exact) mass is 556 g/mol. The summed E-state index contributed by atoms with van der Waals surface area (Å²) in [6.45, 7) is 3.75. The summed E-state index contributed by atoms with van der Waals surface area (Å²) in [4.78, 5) is 46.5. The minimum absolute atomic E-state index is 0.0598. The van der Waals surface area contributed by atoms with Gasteiger partial charge >= 0.3 is 6.09 Å². The molecule has 2 aliphatic heterocycles. The van der Waals surface area contributed by atoms with Gasteiger partial charge in [-0.25, -0.2) is 18.9 Å². The summed E-state index contributed by atoms with van der Waals surface area (Å²) >= 11 is 5.97. The van der Waals surface area contributed by atoms with E-state index in [0.29, 0.717) is 44.1 Å². The first-order valence-corrected chi connectivity index (χ1v) is 12.7. The Bertz CT molecular complexity index is 1370. The summed E-state index contributed by atoms with van der Waals surface area (Å²) in [6.07, 6.45) is 3.71. The lowest BCUT2D eigenvalue weighted by atomic mass is 10.2. The maximum Gasteiger partial charge on any atom is 0.414 e. The summed E-state index contributed by atoms with van der Waals surface area (Å²) in [6, 6.07) is 6.96. The number of benzene rings is 1. The SMILES string of the molecule is C[C@H](NC(=O)c1cccnc1Cl)C(=O)N1CCN(c2ccc(N3C[C@H](Cn4ccnn4)OC3=O)cc2F)CC1. The van der Waals surface area contributed by atoms with Crippen molar-refractivity contribution < 1.29 is 23.5 Å². The minimum Gasteiger partial charge on any atom is -0.442 e. The van der Waals surface area contributed by atoms with Gasteiger partial charge in [0.2, 0.25) is 5.91 Å². The standard InChI is InChI=1S/C25H26ClFN8O4/c1-16(30-23(36)19-3-2-6-28-22(19)26)24(37)33-11-9-32(10-12-33)21-5-4-17(13-20(21)27)35-15-18(39-25(35)38)14-34-8-7-29-31-34/h2-8,13,16,18H,9-12,14-15H2,1H3,(H,30,36)/t16-,18-/m0/s1. The van der Waals surface area contributed by atoms with Crippen LogP contribution in [-0.4, -0.2) is 87.7 Å². The Kier molecular flexibility index (Phi) is 7.59. The number of nitrogens with zero attached hydrogens (tertiary/aromatic N) is 7. The molecule has 5 rings (SSSR count). The number of hydrogen-bond donors (Lipinski definition) is 1. The number of aromatic nitrogens is 4. The number of carbonyl (C=O) groups excluding carboxylic acids is 3. The molecule has 14 heteroatoms. The Morgan fingerprint density at radius 2 is 2.00 bits per heavy atom. The highest BCUT2D eigenvalue weighted by Crippen LogP contribution is 2.29. The molecule has 1 aromatic carbocycles. The highest BCUT2D eigenvalue weighted by atomic mass is 35.5. The molecule has 0 unspecified atom stereocenters. The van der Waals surface area contributed by atoms with Gasteiger partial charge in [-0.05, 0) is 37.3 Å². The van der Waals surface area contributed by atoms with Gasteiger partial charge in [-0.2, -0.15) is 0 Å². The zero-order valence-corrected chi connectivity index (χ0v) is 21.8. The molecule has 0 aliphatic carbocycles. The van der Waals surface area contributed by atoms with Crippen molar-refractivity contribution in [3.8, 4) is 0 Å². The van der Waals surface area contributed by atoms with Gasteiger partial charge in [0.15, 0.2) is 0 Å². The molecule has 39 heavy (non-hydrogen) atoms. The van der Waals surface area contributed by atoms with Crippen LogP contribution in [-0.2, 0) is 16.1 Å². The van der Waals surface area contributed by atoms with Crippen LogP contribution in [0.3, 0.4) is 0 Å². The van der Waals surface area contributed by atoms with E-state index < -0.39 is 30.0 Å². The highest BCUT2D eigenvalue weighted by molar-refractivity contribution is 6.32. The maximum atomic E-state index is 15.2. The second-order valence-electron chi connectivity index (χ2n) is 9.23. The number of cyclic esters (lactones) is 1. The largest absolute Gasteiger partial charge is 0.442 e. The first-order valence-electron chi connectivity index (χ1n) is 12.4. The number of piperazine rings is 1. The Morgan fingerprint density at radius 3 is 2.69 bits per heavy atom. The zero-order valence-electron chi connectivity index (χ0n) is 21.0. The first-order chi connectivity index (χ1) is 18.8. The normalized spacial score (nSPS) is 18.2. The molecule has 3 aromatic rings. The van der Waals surface area contributed by atoms with E-state index in [0.717, 1.165) is 0 Å². The molecular weight excluding hydrogens is 531 g/mol. The summed E-state index contributed by atoms with van der Waals surface area (Å²) < 4.78 is 22.1. The van der Waals surface area contributed by atoms with Gasteiger partial charge in [0.25, 0.3) is 5.91 Å². The van der Waals surface area contributed by atoms with Crippen molar-refractivity contribution in [2.45, 2.75) is 25.6 Å². The van der Waals surface area contributed by atoms with Crippen molar-refractivity contribution in [2.75, 3.05) is 42.5 Å². The van der Waals surface area contributed by atoms with Crippen LogP contribution in [0.15, 0.2) is 48.9 Å². The smallest absolute Gasteiger partial charge is 0.414 e. The fraction of sp³-hybridized carbons (Fsp3) is 0.360. The molecule has 2 saturated heterocycles. The van der Waals surface area contributed by atoms with Crippen LogP contribution < -0.4 is 15.1 Å². The zero-order chi connectivity index (χ0) is 27.5. The van der Waals surface area contributed by atoms with Crippen molar-refractivity contribution in [2.24, 2.45) is 0 Å². The Labute approximate surface area is 228 Å². The van der Waals surface area contributed by atoms with Crippen molar-refractivity contribution in [3.63, 3.8) is 0 Å². The Hall–Kier alpha value is -4.26. The van der Waals surface area contributed by atoms with Gasteiger partial charge in [0, 0.05) is 38.6 Å². The predicted octanol–water partition coefficient (Wildman–Crippen LogP) is 1.96. The second-order valence-corrected chi connectivity index (χ2v) is 9.58. The summed E-state index contributed by atoms with van der Waals surface area (Å²) in [5, 5.41) is 10.3. The number of amides is 3. The topological polar surface area (TPSA) is 126 Å². The van der Waals surface area contributed by atoms with Crippen molar-refractivity contribution >= 4 is 40.9 Å². The van der Waals surface area contributed by atoms with E-state index in [9.17, 15) is 14.4 Å². The van der Waals surface area contributed by atoms with E-state index in [-0.39, 0.29) is 23.2 Å². The molecular formula is C25H26ClFN8O4. The Balaban J connectivity index is 1.15. The number of nitrogens with one attached hydrogen (secondary N) is 1. The lowest BCUT2D eigenvalue weighted by Gasteiger charge is -2.37. The average molecular weight is 557 g/mol. The lowest BCUT2D eigenvalue weighted by molar-refractivity contribution is -0.133. The molecule has 0 saturated carbocycles. The van der Waals surface area contributed by atoms with Gasteiger partial charge in [0.05, 0.1) is 36.2 Å². The molecule has 0 radical (unpaired) electrons. The lowest BCUT2D eigenvalue weighted by Crippen LogP contribution is -2.54. The molecule has 204 valence electrons. The molecule has 12 nitrogen and oxygen atoms in total. The number of rotatable bonds is 7. The third-order valence-corrected chi connectivity index (χ3v) is 6.93. The van der Waals surface area contributed by atoms with Crippen molar-refractivity contribution in [3.05, 3.63) is 65.5 Å². The number of hydrogen-bond acceptors (Lipinski definition) is 8. The van der Waals surface area contributed by atoms with Crippen LogP contribution in [0.25, 0.3) is 0 Å². The number of pyridine rings is 1. The van der Waals surface area contributed by atoms with Crippen LogP contribution in [0.4, 0.5) is 20.6 Å². The molecule has 0 bridgehead atoms. The highest BCUT2D eigenvalue weighted by Gasteiger charge is 2.34. The minimum atomic E-state index is -0.773. The van der Waals surface area contributed by atoms with Crippen LogP contribution >= 0.6 is 11.6 Å². The number of carbonyl (C=O) groups is 3. The van der Waals surface area contributed by atoms with Gasteiger partial charge < -0.3 is 19.9 Å². The molecule has 3 amide bonds. The summed E-state index contributed by atoms with van der Waals surface area (Å²) in [5.41, 5.74) is 0.968. The molecule has 2 atom stereocenters. The van der Waals surface area contributed by atoms with E-state index >= 15 is 4.39 Å². The van der Waals surface area contributed by atoms with E-state index in [1.807, 2.05) is 4.90 Å². The molecule has 4 heterocycles. The molecule has 2 aliphatic rings. The quantitative estimate of drug-likeness (QED) is 0.438. The van der Waals surface area contributed by atoms with E-state index in [4.69, 9.17) is 16.3 Å². The van der Waals surface area contributed by atoms with Gasteiger partial charge in [-0.15, -0.1) is 5.10 Å². The van der Waals surface area contributed by atoms with Crippen molar-refractivity contribution in [1.82, 2.24) is 30.2 Å². The van der Waals surface area contributed by atoms with E-state index in [2.05, 4.69) is 20.6 Å². The fourth-order valence-corrected chi connectivity index (χ4v) is 4.82.